The van der Waals surface area contributed by atoms with Crippen molar-refractivity contribution >= 4 is 23.0 Å². The van der Waals surface area contributed by atoms with Crippen molar-refractivity contribution < 1.29 is 0 Å². The lowest BCUT2D eigenvalue weighted by molar-refractivity contribution is 0.234. The van der Waals surface area contributed by atoms with Gasteiger partial charge in [0.05, 0.1) is 11.4 Å². The molecule has 1 fully saturated rings. The van der Waals surface area contributed by atoms with Gasteiger partial charge >= 0.3 is 0 Å². The zero-order valence-corrected chi connectivity index (χ0v) is 12.1. The molecule has 0 heterocycles. The first-order valence-corrected chi connectivity index (χ1v) is 7.16. The van der Waals surface area contributed by atoms with E-state index in [-0.39, 0.29) is 0 Å². The maximum absolute atomic E-state index is 6.00. The van der Waals surface area contributed by atoms with Gasteiger partial charge in [0, 0.05) is 11.6 Å². The predicted octanol–water partition coefficient (Wildman–Crippen LogP) is 4.55. The van der Waals surface area contributed by atoms with Crippen LogP contribution in [0, 0.1) is 11.3 Å². The molecule has 100 valence electrons. The molecule has 18 heavy (non-hydrogen) atoms. The third kappa shape index (κ3) is 3.11. The van der Waals surface area contributed by atoms with Gasteiger partial charge in [0.2, 0.25) is 0 Å². The van der Waals surface area contributed by atoms with Gasteiger partial charge in [-0.25, -0.2) is 0 Å². The molecule has 0 radical (unpaired) electrons. The summed E-state index contributed by atoms with van der Waals surface area (Å²) in [5.41, 5.74) is 7.98. The van der Waals surface area contributed by atoms with Gasteiger partial charge in [-0.1, -0.05) is 38.3 Å². The number of benzene rings is 1. The van der Waals surface area contributed by atoms with Crippen LogP contribution in [0.1, 0.15) is 39.5 Å². The van der Waals surface area contributed by atoms with E-state index in [1.54, 1.807) is 0 Å². The minimum absolute atomic E-state index is 0.311. The van der Waals surface area contributed by atoms with Crippen LogP contribution in [0.4, 0.5) is 11.4 Å². The van der Waals surface area contributed by atoms with Crippen LogP contribution in [0.15, 0.2) is 18.2 Å². The Morgan fingerprint density at radius 1 is 1.33 bits per heavy atom. The van der Waals surface area contributed by atoms with E-state index >= 15 is 0 Å². The highest BCUT2D eigenvalue weighted by Gasteiger charge is 2.31. The summed E-state index contributed by atoms with van der Waals surface area (Å²) in [7, 11) is 0. The number of nitrogens with two attached hydrogens (primary N) is 1. The van der Waals surface area contributed by atoms with Gasteiger partial charge < -0.3 is 11.1 Å². The van der Waals surface area contributed by atoms with Crippen molar-refractivity contribution in [2.75, 3.05) is 17.6 Å². The van der Waals surface area contributed by atoms with E-state index in [1.165, 1.54) is 25.7 Å². The number of nitrogen functional groups attached to an aromatic ring is 1. The average Bonchev–Trinajstić information content (AvgIpc) is 2.85. The number of rotatable bonds is 4. The van der Waals surface area contributed by atoms with E-state index in [2.05, 4.69) is 19.2 Å². The van der Waals surface area contributed by atoms with Gasteiger partial charge in [0.25, 0.3) is 0 Å². The molecule has 0 aliphatic heterocycles. The summed E-state index contributed by atoms with van der Waals surface area (Å²) in [6.45, 7) is 5.63. The molecule has 0 atom stereocenters. The molecule has 3 heteroatoms. The van der Waals surface area contributed by atoms with Gasteiger partial charge in [-0.05, 0) is 42.4 Å². The van der Waals surface area contributed by atoms with Crippen molar-refractivity contribution in [2.45, 2.75) is 39.5 Å². The fourth-order valence-corrected chi connectivity index (χ4v) is 3.03. The molecule has 2 rings (SSSR count). The normalized spacial score (nSPS) is 17.1. The molecule has 0 aromatic heterocycles. The van der Waals surface area contributed by atoms with Crippen LogP contribution in [0.25, 0.3) is 0 Å². The number of halogens is 1. The van der Waals surface area contributed by atoms with Crippen LogP contribution in [0.5, 0.6) is 0 Å². The number of hydrogen-bond acceptors (Lipinski definition) is 2. The minimum atomic E-state index is 0.311. The van der Waals surface area contributed by atoms with Gasteiger partial charge in [-0.3, -0.25) is 0 Å². The van der Waals surface area contributed by atoms with Crippen LogP contribution in [0.3, 0.4) is 0 Å². The summed E-state index contributed by atoms with van der Waals surface area (Å²) >= 11 is 6.00. The number of anilines is 2. The van der Waals surface area contributed by atoms with Gasteiger partial charge in [-0.2, -0.15) is 0 Å². The van der Waals surface area contributed by atoms with E-state index in [9.17, 15) is 0 Å². The molecule has 3 N–H and O–H groups in total. The Bertz CT molecular complexity index is 409. The Labute approximate surface area is 115 Å². The SMILES string of the molecule is CC(C)(CNc1cc(Cl)ccc1N)C1CCCC1. The molecule has 1 aliphatic carbocycles. The fraction of sp³-hybridized carbons (Fsp3) is 0.600. The van der Waals surface area contributed by atoms with Crippen molar-refractivity contribution in [2.24, 2.45) is 11.3 Å². The first-order chi connectivity index (χ1) is 8.49. The van der Waals surface area contributed by atoms with E-state index in [1.807, 2.05) is 18.2 Å². The lowest BCUT2D eigenvalue weighted by atomic mass is 9.77. The van der Waals surface area contributed by atoms with Crippen LogP contribution < -0.4 is 11.1 Å². The Kier molecular flexibility index (Phi) is 4.06. The van der Waals surface area contributed by atoms with Crippen molar-refractivity contribution in [3.63, 3.8) is 0 Å². The molecule has 1 aromatic carbocycles. The van der Waals surface area contributed by atoms with Crippen LogP contribution in [0.2, 0.25) is 5.02 Å². The number of nitrogens with one attached hydrogen (secondary N) is 1. The average molecular weight is 267 g/mol. The Morgan fingerprint density at radius 3 is 2.67 bits per heavy atom. The summed E-state index contributed by atoms with van der Waals surface area (Å²) in [6.07, 6.45) is 5.49. The molecule has 0 spiro atoms. The standard InChI is InChI=1S/C15H23ClN2/c1-15(2,11-5-3-4-6-11)10-18-14-9-12(16)7-8-13(14)17/h7-9,11,18H,3-6,10,17H2,1-2H3. The lowest BCUT2D eigenvalue weighted by Crippen LogP contribution is -2.30. The molecule has 0 bridgehead atoms. The zero-order valence-electron chi connectivity index (χ0n) is 11.3. The molecule has 0 unspecified atom stereocenters. The highest BCUT2D eigenvalue weighted by Crippen LogP contribution is 2.39. The lowest BCUT2D eigenvalue weighted by Gasteiger charge is -2.32. The first-order valence-electron chi connectivity index (χ1n) is 6.78. The summed E-state index contributed by atoms with van der Waals surface area (Å²) in [5, 5.41) is 4.19. The molecule has 2 nitrogen and oxygen atoms in total. The molecular weight excluding hydrogens is 244 g/mol. The van der Waals surface area contributed by atoms with Gasteiger partial charge in [0.15, 0.2) is 0 Å². The third-order valence-electron chi connectivity index (χ3n) is 4.21. The van der Waals surface area contributed by atoms with E-state index in [0.717, 1.165) is 28.9 Å². The summed E-state index contributed by atoms with van der Waals surface area (Å²) in [4.78, 5) is 0. The van der Waals surface area contributed by atoms with Gasteiger partial charge in [0.1, 0.15) is 0 Å². The molecular formula is C15H23ClN2. The van der Waals surface area contributed by atoms with Crippen molar-refractivity contribution in [1.82, 2.24) is 0 Å². The second-order valence-electron chi connectivity index (χ2n) is 6.06. The van der Waals surface area contributed by atoms with Crippen molar-refractivity contribution in [3.8, 4) is 0 Å². The zero-order chi connectivity index (χ0) is 13.2. The van der Waals surface area contributed by atoms with Crippen molar-refractivity contribution in [1.29, 1.82) is 0 Å². The second kappa shape index (κ2) is 5.40. The smallest absolute Gasteiger partial charge is 0.0589 e. The number of hydrogen-bond donors (Lipinski definition) is 2. The summed E-state index contributed by atoms with van der Waals surface area (Å²) in [5.74, 6) is 0.824. The summed E-state index contributed by atoms with van der Waals surface area (Å²) < 4.78 is 0. The molecule has 0 saturated heterocycles. The molecule has 1 aliphatic rings. The summed E-state index contributed by atoms with van der Waals surface area (Å²) in [6, 6.07) is 5.58. The largest absolute Gasteiger partial charge is 0.397 e. The Hall–Kier alpha value is -0.890. The predicted molar refractivity (Wildman–Crippen MR) is 80.1 cm³/mol. The molecule has 1 saturated carbocycles. The van der Waals surface area contributed by atoms with Crippen LogP contribution in [-0.4, -0.2) is 6.54 Å². The topological polar surface area (TPSA) is 38.0 Å². The van der Waals surface area contributed by atoms with E-state index < -0.39 is 0 Å². The maximum atomic E-state index is 6.00. The Morgan fingerprint density at radius 2 is 2.00 bits per heavy atom. The monoisotopic (exact) mass is 266 g/mol. The highest BCUT2D eigenvalue weighted by molar-refractivity contribution is 6.31. The minimum Gasteiger partial charge on any atom is -0.397 e. The van der Waals surface area contributed by atoms with Crippen LogP contribution in [-0.2, 0) is 0 Å². The van der Waals surface area contributed by atoms with E-state index in [4.69, 9.17) is 17.3 Å². The highest BCUT2D eigenvalue weighted by atomic mass is 35.5. The Balaban J connectivity index is 1.99. The van der Waals surface area contributed by atoms with Crippen molar-refractivity contribution in [3.05, 3.63) is 23.2 Å². The van der Waals surface area contributed by atoms with Gasteiger partial charge in [-0.15, -0.1) is 0 Å². The molecule has 1 aromatic rings. The first kappa shape index (κ1) is 13.5. The fourth-order valence-electron chi connectivity index (χ4n) is 2.86. The maximum Gasteiger partial charge on any atom is 0.0589 e. The quantitative estimate of drug-likeness (QED) is 0.785. The molecule has 0 amide bonds. The second-order valence-corrected chi connectivity index (χ2v) is 6.49. The third-order valence-corrected chi connectivity index (χ3v) is 4.45. The van der Waals surface area contributed by atoms with E-state index in [0.29, 0.717) is 5.41 Å². The van der Waals surface area contributed by atoms with Crippen LogP contribution >= 0.6 is 11.6 Å².